The number of carbonyl (C=O) groups is 1. The van der Waals surface area contributed by atoms with Crippen LogP contribution in [-0.4, -0.2) is 22.0 Å². The van der Waals surface area contributed by atoms with Crippen molar-refractivity contribution in [3.63, 3.8) is 0 Å². The standard InChI is InChI=1S/C20H13BrN4O3S2/c1-12-2-7-15-17(10-12)30-20(23-15)24(22-11-13-3-5-14(21)6-4-13)19(26)16-8-9-18(29-16)25(27)28/h2-11H,1H3/b22-11+. The number of fused-ring (bicyclic) bond motifs is 1. The first-order valence-electron chi connectivity index (χ1n) is 8.66. The maximum absolute atomic E-state index is 13.2. The summed E-state index contributed by atoms with van der Waals surface area (Å²) in [6.45, 7) is 1.98. The molecule has 150 valence electrons. The van der Waals surface area contributed by atoms with Gasteiger partial charge in [0.25, 0.3) is 5.91 Å². The number of nitro groups is 1. The number of thiophene rings is 1. The van der Waals surface area contributed by atoms with E-state index in [0.29, 0.717) is 5.13 Å². The monoisotopic (exact) mass is 500 g/mol. The highest BCUT2D eigenvalue weighted by Gasteiger charge is 2.24. The average Bonchev–Trinajstić information content (AvgIpc) is 3.36. The van der Waals surface area contributed by atoms with Crippen LogP contribution < -0.4 is 5.01 Å². The maximum Gasteiger partial charge on any atom is 0.324 e. The molecule has 2 aromatic carbocycles. The molecule has 0 unspecified atom stereocenters. The van der Waals surface area contributed by atoms with Crippen molar-refractivity contribution < 1.29 is 9.72 Å². The first-order valence-corrected chi connectivity index (χ1v) is 11.1. The lowest BCUT2D eigenvalue weighted by atomic mass is 10.2. The van der Waals surface area contributed by atoms with E-state index in [2.05, 4.69) is 26.0 Å². The number of nitrogens with zero attached hydrogens (tertiary/aromatic N) is 4. The molecule has 0 spiro atoms. The van der Waals surface area contributed by atoms with E-state index in [-0.39, 0.29) is 9.88 Å². The van der Waals surface area contributed by atoms with Crippen LogP contribution in [0.5, 0.6) is 0 Å². The lowest BCUT2D eigenvalue weighted by Gasteiger charge is -2.12. The van der Waals surface area contributed by atoms with Crippen molar-refractivity contribution in [2.75, 3.05) is 5.01 Å². The number of aryl methyl sites for hydroxylation is 1. The number of aromatic nitrogens is 1. The molecule has 0 fully saturated rings. The van der Waals surface area contributed by atoms with E-state index < -0.39 is 10.8 Å². The number of thiazole rings is 1. The second-order valence-corrected chi connectivity index (χ2v) is 9.26. The molecular formula is C20H13BrN4O3S2. The van der Waals surface area contributed by atoms with E-state index in [1.165, 1.54) is 28.5 Å². The van der Waals surface area contributed by atoms with E-state index in [4.69, 9.17) is 0 Å². The fourth-order valence-electron chi connectivity index (χ4n) is 2.62. The van der Waals surface area contributed by atoms with Crippen molar-refractivity contribution in [3.8, 4) is 0 Å². The molecule has 0 atom stereocenters. The van der Waals surface area contributed by atoms with Gasteiger partial charge in [0.05, 0.1) is 21.4 Å². The van der Waals surface area contributed by atoms with Gasteiger partial charge in [0, 0.05) is 10.5 Å². The van der Waals surface area contributed by atoms with E-state index in [9.17, 15) is 14.9 Å². The Balaban J connectivity index is 1.75. The molecule has 1 amide bonds. The molecule has 0 bridgehead atoms. The molecule has 7 nitrogen and oxygen atoms in total. The molecule has 0 radical (unpaired) electrons. The van der Waals surface area contributed by atoms with Crippen LogP contribution in [0.1, 0.15) is 20.8 Å². The first-order chi connectivity index (χ1) is 14.4. The number of halogens is 1. The van der Waals surface area contributed by atoms with Gasteiger partial charge in [-0.2, -0.15) is 10.1 Å². The summed E-state index contributed by atoms with van der Waals surface area (Å²) in [5.74, 6) is -0.475. The molecule has 4 rings (SSSR count). The van der Waals surface area contributed by atoms with Gasteiger partial charge in [-0.1, -0.05) is 56.8 Å². The van der Waals surface area contributed by atoms with E-state index in [1.807, 2.05) is 49.4 Å². The van der Waals surface area contributed by atoms with Crippen molar-refractivity contribution in [3.05, 3.63) is 85.2 Å². The molecule has 0 aliphatic rings. The van der Waals surface area contributed by atoms with Gasteiger partial charge >= 0.3 is 5.00 Å². The van der Waals surface area contributed by atoms with Crippen molar-refractivity contribution in [1.82, 2.24) is 4.98 Å². The number of hydrogen-bond donors (Lipinski definition) is 0. The van der Waals surface area contributed by atoms with Crippen LogP contribution >= 0.6 is 38.6 Å². The predicted octanol–water partition coefficient (Wildman–Crippen LogP) is 6.02. The van der Waals surface area contributed by atoms with Gasteiger partial charge in [-0.3, -0.25) is 14.9 Å². The predicted molar refractivity (Wildman–Crippen MR) is 124 cm³/mol. The van der Waals surface area contributed by atoms with Gasteiger partial charge in [-0.05, 0) is 48.4 Å². The van der Waals surface area contributed by atoms with Gasteiger partial charge in [0.15, 0.2) is 0 Å². The average molecular weight is 501 g/mol. The summed E-state index contributed by atoms with van der Waals surface area (Å²) < 4.78 is 1.86. The van der Waals surface area contributed by atoms with E-state index >= 15 is 0 Å². The Labute approximate surface area is 187 Å². The fraction of sp³-hybridized carbons (Fsp3) is 0.0500. The largest absolute Gasteiger partial charge is 0.324 e. The molecule has 2 heterocycles. The van der Waals surface area contributed by atoms with Crippen LogP contribution in [0.25, 0.3) is 10.2 Å². The highest BCUT2D eigenvalue weighted by Crippen LogP contribution is 2.32. The summed E-state index contributed by atoms with van der Waals surface area (Å²) in [7, 11) is 0. The van der Waals surface area contributed by atoms with Crippen LogP contribution in [0, 0.1) is 17.0 Å². The second-order valence-electron chi connectivity index (χ2n) is 6.28. The van der Waals surface area contributed by atoms with Gasteiger partial charge in [-0.15, -0.1) is 0 Å². The Hall–Kier alpha value is -2.95. The van der Waals surface area contributed by atoms with Gasteiger partial charge in [0.2, 0.25) is 5.13 Å². The van der Waals surface area contributed by atoms with Gasteiger partial charge < -0.3 is 0 Å². The Kier molecular flexibility index (Phi) is 5.71. The minimum Gasteiger partial charge on any atom is -0.266 e. The Bertz CT molecular complexity index is 1280. The summed E-state index contributed by atoms with van der Waals surface area (Å²) in [6.07, 6.45) is 1.56. The fourth-order valence-corrected chi connectivity index (χ4v) is 4.65. The number of hydrazone groups is 1. The number of amides is 1. The number of carbonyl (C=O) groups excluding carboxylic acids is 1. The quantitative estimate of drug-likeness (QED) is 0.190. The molecule has 4 aromatic rings. The van der Waals surface area contributed by atoms with Crippen LogP contribution in [0.3, 0.4) is 0 Å². The number of rotatable bonds is 5. The normalized spacial score (nSPS) is 11.3. The molecule has 0 saturated carbocycles. The molecule has 0 N–H and O–H groups in total. The lowest BCUT2D eigenvalue weighted by molar-refractivity contribution is -0.380. The summed E-state index contributed by atoms with van der Waals surface area (Å²) >= 11 is 5.53. The molecule has 0 saturated heterocycles. The molecule has 0 aliphatic heterocycles. The molecular weight excluding hydrogens is 488 g/mol. The third kappa shape index (κ3) is 4.30. The van der Waals surface area contributed by atoms with Crippen molar-refractivity contribution >= 4 is 71.1 Å². The second kappa shape index (κ2) is 8.42. The van der Waals surface area contributed by atoms with Crippen LogP contribution in [-0.2, 0) is 0 Å². The van der Waals surface area contributed by atoms with Crippen molar-refractivity contribution in [2.24, 2.45) is 5.10 Å². The molecule has 10 heteroatoms. The zero-order valence-electron chi connectivity index (χ0n) is 15.5. The molecule has 2 aromatic heterocycles. The highest BCUT2D eigenvalue weighted by molar-refractivity contribution is 9.10. The first kappa shape index (κ1) is 20.3. The van der Waals surface area contributed by atoms with Crippen LogP contribution in [0.2, 0.25) is 0 Å². The van der Waals surface area contributed by atoms with Gasteiger partial charge in [0.1, 0.15) is 4.88 Å². The summed E-state index contributed by atoms with van der Waals surface area (Å²) in [5, 5.41) is 16.9. The Morgan fingerprint density at radius 1 is 1.17 bits per heavy atom. The SMILES string of the molecule is Cc1ccc2nc(N(/N=C/c3ccc(Br)cc3)C(=O)c3ccc([N+](=O)[O-])s3)sc2c1. The third-order valence-electron chi connectivity index (χ3n) is 4.08. The zero-order chi connectivity index (χ0) is 21.3. The smallest absolute Gasteiger partial charge is 0.266 e. The Morgan fingerprint density at radius 2 is 1.93 bits per heavy atom. The summed E-state index contributed by atoms with van der Waals surface area (Å²) in [5.41, 5.74) is 2.64. The molecule has 0 aliphatic carbocycles. The molecule has 30 heavy (non-hydrogen) atoms. The third-order valence-corrected chi connectivity index (χ3v) is 6.63. The Morgan fingerprint density at radius 3 is 2.63 bits per heavy atom. The maximum atomic E-state index is 13.2. The minimum absolute atomic E-state index is 0.102. The van der Waals surface area contributed by atoms with Crippen molar-refractivity contribution in [1.29, 1.82) is 0 Å². The van der Waals surface area contributed by atoms with E-state index in [1.54, 1.807) is 6.21 Å². The summed E-state index contributed by atoms with van der Waals surface area (Å²) in [4.78, 5) is 28.4. The number of anilines is 1. The van der Waals surface area contributed by atoms with Crippen molar-refractivity contribution in [2.45, 2.75) is 6.92 Å². The number of benzene rings is 2. The van der Waals surface area contributed by atoms with Crippen LogP contribution in [0.4, 0.5) is 10.1 Å². The van der Waals surface area contributed by atoms with Gasteiger partial charge in [-0.25, -0.2) is 4.98 Å². The topological polar surface area (TPSA) is 88.7 Å². The number of hydrogen-bond acceptors (Lipinski definition) is 7. The minimum atomic E-state index is -0.517. The summed E-state index contributed by atoms with van der Waals surface area (Å²) in [6, 6.07) is 16.0. The van der Waals surface area contributed by atoms with E-state index in [0.717, 1.165) is 37.2 Å². The highest BCUT2D eigenvalue weighted by atomic mass is 79.9. The van der Waals surface area contributed by atoms with Crippen LogP contribution in [0.15, 0.2) is 64.2 Å². The lowest BCUT2D eigenvalue weighted by Crippen LogP contribution is -2.24. The zero-order valence-corrected chi connectivity index (χ0v) is 18.7.